The Hall–Kier alpha value is -2.40. The van der Waals surface area contributed by atoms with Crippen LogP contribution in [0.1, 0.15) is 25.5 Å². The maximum atomic E-state index is 5.89. The molecular formula is C18H20N4O. The molecule has 5 heteroatoms. The summed E-state index contributed by atoms with van der Waals surface area (Å²) >= 11 is 0. The van der Waals surface area contributed by atoms with Crippen LogP contribution in [0.4, 0.5) is 5.82 Å². The molecule has 1 aliphatic heterocycles. The molecule has 1 fully saturated rings. The predicted molar refractivity (Wildman–Crippen MR) is 91.4 cm³/mol. The van der Waals surface area contributed by atoms with E-state index in [1.54, 1.807) is 0 Å². The van der Waals surface area contributed by atoms with E-state index >= 15 is 0 Å². The van der Waals surface area contributed by atoms with Crippen molar-refractivity contribution in [3.8, 4) is 11.1 Å². The lowest BCUT2D eigenvalue weighted by Crippen LogP contribution is -2.18. The Morgan fingerprint density at radius 3 is 3.04 bits per heavy atom. The molecule has 5 nitrogen and oxygen atoms in total. The van der Waals surface area contributed by atoms with Gasteiger partial charge in [-0.3, -0.25) is 0 Å². The van der Waals surface area contributed by atoms with Crippen LogP contribution in [-0.4, -0.2) is 28.4 Å². The van der Waals surface area contributed by atoms with Gasteiger partial charge in [0.05, 0.1) is 11.7 Å². The van der Waals surface area contributed by atoms with E-state index in [1.807, 2.05) is 30.2 Å². The van der Waals surface area contributed by atoms with Crippen molar-refractivity contribution >= 4 is 16.7 Å². The molecule has 1 atom stereocenters. The minimum atomic E-state index is 0.0572. The summed E-state index contributed by atoms with van der Waals surface area (Å²) in [6.07, 6.45) is 7.20. The smallest absolute Gasteiger partial charge is 0.150 e. The van der Waals surface area contributed by atoms with Crippen LogP contribution in [0.3, 0.4) is 0 Å². The molecule has 0 aliphatic carbocycles. The molecule has 3 aromatic rings. The number of hydrogen-bond donors (Lipinski definition) is 1. The van der Waals surface area contributed by atoms with Gasteiger partial charge in [-0.2, -0.15) is 5.10 Å². The Bertz CT molecular complexity index is 821. The number of benzene rings is 1. The zero-order valence-corrected chi connectivity index (χ0v) is 13.2. The van der Waals surface area contributed by atoms with Crippen molar-refractivity contribution in [2.45, 2.75) is 25.5 Å². The quantitative estimate of drug-likeness (QED) is 0.798. The number of hydrogen-bond acceptors (Lipinski definition) is 4. The summed E-state index contributed by atoms with van der Waals surface area (Å²) < 4.78 is 7.92. The fourth-order valence-corrected chi connectivity index (χ4v) is 3.20. The highest BCUT2D eigenvalue weighted by atomic mass is 16.5. The first kappa shape index (κ1) is 14.2. The first-order valence-electron chi connectivity index (χ1n) is 8.09. The number of aromatic nitrogens is 3. The fraction of sp³-hybridized carbons (Fsp3) is 0.333. The van der Waals surface area contributed by atoms with Crippen molar-refractivity contribution in [3.05, 3.63) is 42.7 Å². The summed E-state index contributed by atoms with van der Waals surface area (Å²) in [5, 5.41) is 8.85. The van der Waals surface area contributed by atoms with Crippen LogP contribution in [-0.2, 0) is 4.74 Å². The lowest BCUT2D eigenvalue weighted by molar-refractivity contribution is -0.0366. The van der Waals surface area contributed by atoms with E-state index < -0.39 is 0 Å². The Balaban J connectivity index is 1.80. The number of nitrogens with one attached hydrogen (secondary N) is 1. The monoisotopic (exact) mass is 308 g/mol. The molecule has 1 aromatic carbocycles. The molecule has 0 spiro atoms. The molecule has 118 valence electrons. The van der Waals surface area contributed by atoms with E-state index in [9.17, 15) is 0 Å². The fourth-order valence-electron chi connectivity index (χ4n) is 3.20. The molecule has 1 aliphatic rings. The van der Waals surface area contributed by atoms with E-state index in [2.05, 4.69) is 39.7 Å². The number of fused-ring (bicyclic) bond motifs is 1. The largest absolute Gasteiger partial charge is 0.373 e. The Morgan fingerprint density at radius 1 is 1.26 bits per heavy atom. The van der Waals surface area contributed by atoms with E-state index in [4.69, 9.17) is 4.74 Å². The number of anilines is 1. The molecule has 0 saturated carbocycles. The average molecular weight is 308 g/mol. The molecule has 2 aromatic heterocycles. The van der Waals surface area contributed by atoms with Gasteiger partial charge in [0.25, 0.3) is 0 Å². The van der Waals surface area contributed by atoms with Crippen molar-refractivity contribution in [2.75, 3.05) is 19.0 Å². The molecule has 3 heterocycles. The van der Waals surface area contributed by atoms with Gasteiger partial charge in [-0.15, -0.1) is 0 Å². The number of nitrogens with zero attached hydrogens (tertiary/aromatic N) is 3. The van der Waals surface area contributed by atoms with Crippen LogP contribution in [0.25, 0.3) is 22.0 Å². The highest BCUT2D eigenvalue weighted by Crippen LogP contribution is 2.32. The molecule has 1 N–H and O–H groups in total. The van der Waals surface area contributed by atoms with Crippen molar-refractivity contribution in [2.24, 2.45) is 0 Å². The molecule has 4 rings (SSSR count). The summed E-state index contributed by atoms with van der Waals surface area (Å²) in [6.45, 7) is 0.821. The summed E-state index contributed by atoms with van der Waals surface area (Å²) in [6, 6.07) is 10.4. The second-order valence-electron chi connectivity index (χ2n) is 5.83. The minimum Gasteiger partial charge on any atom is -0.373 e. The van der Waals surface area contributed by atoms with Gasteiger partial charge >= 0.3 is 0 Å². The van der Waals surface area contributed by atoms with Crippen LogP contribution in [0, 0.1) is 0 Å². The molecule has 0 bridgehead atoms. The Morgan fingerprint density at radius 2 is 2.22 bits per heavy atom. The third-order valence-corrected chi connectivity index (χ3v) is 4.40. The Kier molecular flexibility index (Phi) is 3.71. The van der Waals surface area contributed by atoms with E-state index in [0.29, 0.717) is 0 Å². The number of pyridine rings is 1. The first-order chi connectivity index (χ1) is 11.4. The van der Waals surface area contributed by atoms with E-state index in [-0.39, 0.29) is 6.23 Å². The van der Waals surface area contributed by atoms with E-state index in [0.717, 1.165) is 41.7 Å². The van der Waals surface area contributed by atoms with Crippen LogP contribution in [0.15, 0.2) is 42.7 Å². The van der Waals surface area contributed by atoms with Crippen LogP contribution < -0.4 is 5.32 Å². The third-order valence-electron chi connectivity index (χ3n) is 4.40. The SMILES string of the molecule is CNc1cc(-c2cccc3c2cnn3C2CCCCO2)ccn1. The van der Waals surface area contributed by atoms with Crippen LogP contribution in [0.2, 0.25) is 0 Å². The average Bonchev–Trinajstić information content (AvgIpc) is 3.06. The topological polar surface area (TPSA) is 52.0 Å². The highest BCUT2D eigenvalue weighted by Gasteiger charge is 2.19. The van der Waals surface area contributed by atoms with E-state index in [1.165, 1.54) is 12.0 Å². The molecule has 0 radical (unpaired) electrons. The zero-order chi connectivity index (χ0) is 15.6. The normalized spacial score (nSPS) is 18.2. The van der Waals surface area contributed by atoms with Crippen molar-refractivity contribution in [3.63, 3.8) is 0 Å². The van der Waals surface area contributed by atoms with Gasteiger partial charge < -0.3 is 10.1 Å². The summed E-state index contributed by atoms with van der Waals surface area (Å²) in [5.41, 5.74) is 3.43. The maximum Gasteiger partial charge on any atom is 0.150 e. The molecule has 1 saturated heterocycles. The van der Waals surface area contributed by atoms with Crippen molar-refractivity contribution in [1.29, 1.82) is 0 Å². The second-order valence-corrected chi connectivity index (χ2v) is 5.83. The van der Waals surface area contributed by atoms with Crippen molar-refractivity contribution in [1.82, 2.24) is 14.8 Å². The number of ether oxygens (including phenoxy) is 1. The van der Waals surface area contributed by atoms with Gasteiger partial charge in [0.15, 0.2) is 6.23 Å². The van der Waals surface area contributed by atoms with Gasteiger partial charge in [-0.25, -0.2) is 9.67 Å². The van der Waals surface area contributed by atoms with Crippen LogP contribution in [0.5, 0.6) is 0 Å². The van der Waals surface area contributed by atoms with Gasteiger partial charge in [-0.05, 0) is 48.6 Å². The first-order valence-corrected chi connectivity index (χ1v) is 8.09. The molecule has 1 unspecified atom stereocenters. The number of rotatable bonds is 3. The van der Waals surface area contributed by atoms with Crippen molar-refractivity contribution < 1.29 is 4.74 Å². The van der Waals surface area contributed by atoms with Gasteiger partial charge in [0.2, 0.25) is 0 Å². The Labute approximate surface area is 135 Å². The molecule has 0 amide bonds. The van der Waals surface area contributed by atoms with Gasteiger partial charge in [-0.1, -0.05) is 12.1 Å². The summed E-state index contributed by atoms with van der Waals surface area (Å²) in [5.74, 6) is 0.863. The standard InChI is InChI=1S/C18H20N4O/c1-19-17-11-13(8-9-20-17)14-5-4-6-16-15(14)12-21-22(16)18-7-2-3-10-23-18/h4-6,8-9,11-12,18H,2-3,7,10H2,1H3,(H,19,20). The molecule has 23 heavy (non-hydrogen) atoms. The lowest BCUT2D eigenvalue weighted by Gasteiger charge is -2.23. The lowest BCUT2D eigenvalue weighted by atomic mass is 10.0. The summed E-state index contributed by atoms with van der Waals surface area (Å²) in [7, 11) is 1.88. The highest BCUT2D eigenvalue weighted by molar-refractivity contribution is 5.95. The zero-order valence-electron chi connectivity index (χ0n) is 13.2. The van der Waals surface area contributed by atoms with Crippen LogP contribution >= 0.6 is 0 Å². The second kappa shape index (κ2) is 6.01. The maximum absolute atomic E-state index is 5.89. The van der Waals surface area contributed by atoms with Gasteiger partial charge in [0.1, 0.15) is 5.82 Å². The molecular weight excluding hydrogens is 288 g/mol. The van der Waals surface area contributed by atoms with Gasteiger partial charge in [0, 0.05) is 25.2 Å². The third kappa shape index (κ3) is 2.57. The predicted octanol–water partition coefficient (Wildman–Crippen LogP) is 3.84. The minimum absolute atomic E-state index is 0.0572. The summed E-state index contributed by atoms with van der Waals surface area (Å²) in [4.78, 5) is 4.29.